The van der Waals surface area contributed by atoms with E-state index in [1.54, 1.807) is 42.6 Å². The maximum atomic E-state index is 13.3. The van der Waals surface area contributed by atoms with Gasteiger partial charge in [-0.25, -0.2) is 4.98 Å². The highest BCUT2D eigenvalue weighted by Crippen LogP contribution is 2.31. The first-order chi connectivity index (χ1) is 18.7. The predicted octanol–water partition coefficient (Wildman–Crippen LogP) is 4.33. The van der Waals surface area contributed by atoms with Crippen LogP contribution in [-0.2, 0) is 4.43 Å². The highest BCUT2D eigenvalue weighted by molar-refractivity contribution is 14.1. The number of aromatic nitrogens is 1. The number of nitrogens with zero attached hydrogens (tertiary/aromatic N) is 3. The van der Waals surface area contributed by atoms with E-state index >= 15 is 0 Å². The Morgan fingerprint density at radius 3 is 2.28 bits per heavy atom. The quantitative estimate of drug-likeness (QED) is 0.100. The van der Waals surface area contributed by atoms with E-state index in [0.29, 0.717) is 34.9 Å². The van der Waals surface area contributed by atoms with E-state index in [4.69, 9.17) is 16.6 Å². The molecule has 2 aromatic carbocycles. The molecule has 0 saturated heterocycles. The van der Waals surface area contributed by atoms with Crippen LogP contribution < -0.4 is 15.4 Å². The molecular weight excluding hydrogens is 607 g/mol. The van der Waals surface area contributed by atoms with Crippen LogP contribution in [0, 0.1) is 17.8 Å². The maximum Gasteiger partial charge on any atom is 0.259 e. The summed E-state index contributed by atoms with van der Waals surface area (Å²) in [5, 5.41) is 14.0. The fourth-order valence-corrected chi connectivity index (χ4v) is 4.03. The van der Waals surface area contributed by atoms with Crippen molar-refractivity contribution < 1.29 is 14.3 Å². The molecule has 0 fully saturated rings. The molecule has 3 aromatic rings. The number of hydrogen-bond acceptors (Lipinski definition) is 6. The van der Waals surface area contributed by atoms with Crippen LogP contribution in [0.4, 0.5) is 11.5 Å². The Labute approximate surface area is 242 Å². The van der Waals surface area contributed by atoms with Gasteiger partial charge in [-0.1, -0.05) is 46.7 Å². The van der Waals surface area contributed by atoms with E-state index in [1.165, 1.54) is 13.2 Å². The van der Waals surface area contributed by atoms with Crippen LogP contribution in [0.5, 0.6) is 5.75 Å². The van der Waals surface area contributed by atoms with Gasteiger partial charge in [-0.15, -0.1) is 6.42 Å². The standard InChI is InChI=1S/C29H31IN6O3/c1-6-19-15-23(29(38)33-25-12-7-20(17-30)18-32-25)26(24(16-19)39-5)34-28(37)22-10-8-21(9-11-22)27(31)36(4)14-13-35(2)3/h1,7-12,15-16,18,31H,13-14,17H2,2-5H3,(H,34,37)(H,32,33,38). The molecule has 3 N–H and O–H groups in total. The molecule has 0 aliphatic rings. The fourth-order valence-electron chi connectivity index (χ4n) is 3.58. The molecule has 1 heterocycles. The van der Waals surface area contributed by atoms with Gasteiger partial charge < -0.3 is 25.2 Å². The summed E-state index contributed by atoms with van der Waals surface area (Å²) in [6, 6.07) is 13.4. The van der Waals surface area contributed by atoms with E-state index in [1.807, 2.05) is 32.1 Å². The molecule has 2 amide bonds. The van der Waals surface area contributed by atoms with Crippen LogP contribution in [0.2, 0.25) is 0 Å². The van der Waals surface area contributed by atoms with Gasteiger partial charge in [-0.3, -0.25) is 15.0 Å². The largest absolute Gasteiger partial charge is 0.495 e. The highest BCUT2D eigenvalue weighted by Gasteiger charge is 2.21. The first-order valence-electron chi connectivity index (χ1n) is 12.0. The second-order valence-corrected chi connectivity index (χ2v) is 9.75. The van der Waals surface area contributed by atoms with Crippen molar-refractivity contribution in [1.82, 2.24) is 14.8 Å². The molecule has 0 spiro atoms. The van der Waals surface area contributed by atoms with Crippen molar-refractivity contribution in [3.63, 3.8) is 0 Å². The third-order valence-corrected chi connectivity index (χ3v) is 6.76. The van der Waals surface area contributed by atoms with Crippen LogP contribution in [-0.4, -0.2) is 73.8 Å². The lowest BCUT2D eigenvalue weighted by Crippen LogP contribution is -2.33. The third-order valence-electron chi connectivity index (χ3n) is 5.88. The molecule has 0 aliphatic heterocycles. The van der Waals surface area contributed by atoms with Gasteiger partial charge in [0, 0.05) is 47.5 Å². The summed E-state index contributed by atoms with van der Waals surface area (Å²) < 4.78 is 6.27. The van der Waals surface area contributed by atoms with Crippen LogP contribution in [0.3, 0.4) is 0 Å². The first-order valence-corrected chi connectivity index (χ1v) is 13.6. The van der Waals surface area contributed by atoms with Gasteiger partial charge in [0.25, 0.3) is 11.8 Å². The monoisotopic (exact) mass is 638 g/mol. The molecule has 202 valence electrons. The molecule has 1 aromatic heterocycles. The number of carbonyl (C=O) groups excluding carboxylic acids is 2. The van der Waals surface area contributed by atoms with Gasteiger partial charge in [0.1, 0.15) is 17.4 Å². The number of halogens is 1. The summed E-state index contributed by atoms with van der Waals surface area (Å²) in [4.78, 5) is 34.6. The molecule has 0 saturated carbocycles. The van der Waals surface area contributed by atoms with Gasteiger partial charge in [0.15, 0.2) is 0 Å². The molecule has 39 heavy (non-hydrogen) atoms. The van der Waals surface area contributed by atoms with Crippen LogP contribution >= 0.6 is 22.6 Å². The number of benzene rings is 2. The summed E-state index contributed by atoms with van der Waals surface area (Å²) in [6.07, 6.45) is 7.29. The number of rotatable bonds is 10. The zero-order valence-electron chi connectivity index (χ0n) is 22.3. The summed E-state index contributed by atoms with van der Waals surface area (Å²) in [6.45, 7) is 1.51. The van der Waals surface area contributed by atoms with Gasteiger partial charge >= 0.3 is 0 Å². The van der Waals surface area contributed by atoms with Gasteiger partial charge in [-0.2, -0.15) is 0 Å². The van der Waals surface area contributed by atoms with Gasteiger partial charge in [-0.05, 0) is 50.0 Å². The SMILES string of the molecule is C#Cc1cc(OC)c(NC(=O)c2ccc(C(=N)N(C)CCN(C)C)cc2)c(C(=O)Nc2ccc(CI)cn2)c1. The topological polar surface area (TPSA) is 111 Å². The average molecular weight is 639 g/mol. The first kappa shape index (κ1) is 29.6. The number of hydrogen-bond donors (Lipinski definition) is 3. The number of likely N-dealkylation sites (N-methyl/N-ethyl adjacent to an activating group) is 2. The Balaban J connectivity index is 1.84. The van der Waals surface area contributed by atoms with E-state index < -0.39 is 11.8 Å². The van der Waals surface area contributed by atoms with E-state index in [9.17, 15) is 9.59 Å². The zero-order chi connectivity index (χ0) is 28.5. The molecule has 9 nitrogen and oxygen atoms in total. The van der Waals surface area contributed by atoms with Crippen molar-refractivity contribution in [2.45, 2.75) is 4.43 Å². The van der Waals surface area contributed by atoms with Crippen molar-refractivity contribution in [1.29, 1.82) is 5.41 Å². The number of amides is 2. The number of pyridine rings is 1. The minimum absolute atomic E-state index is 0.135. The number of anilines is 2. The summed E-state index contributed by atoms with van der Waals surface area (Å²) in [7, 11) is 7.26. The summed E-state index contributed by atoms with van der Waals surface area (Å²) >= 11 is 2.23. The Bertz CT molecular complexity index is 1380. The molecule has 0 radical (unpaired) electrons. The number of alkyl halides is 1. The lowest BCUT2D eigenvalue weighted by atomic mass is 10.1. The van der Waals surface area contributed by atoms with Crippen molar-refractivity contribution in [2.75, 3.05) is 52.0 Å². The van der Waals surface area contributed by atoms with Crippen molar-refractivity contribution in [3.05, 3.63) is 82.5 Å². The average Bonchev–Trinajstić information content (AvgIpc) is 2.95. The molecular formula is C29H31IN6O3. The smallest absolute Gasteiger partial charge is 0.259 e. The van der Waals surface area contributed by atoms with Crippen molar-refractivity contribution in [3.8, 4) is 18.1 Å². The second kappa shape index (κ2) is 13.7. The Morgan fingerprint density at radius 1 is 1.03 bits per heavy atom. The minimum Gasteiger partial charge on any atom is -0.495 e. The fraction of sp³-hybridized carbons (Fsp3) is 0.241. The Hall–Kier alpha value is -3.95. The lowest BCUT2D eigenvalue weighted by Gasteiger charge is -2.22. The number of nitrogens with one attached hydrogen (secondary N) is 3. The van der Waals surface area contributed by atoms with Gasteiger partial charge in [0.2, 0.25) is 0 Å². The summed E-state index contributed by atoms with van der Waals surface area (Å²) in [5.41, 5.74) is 2.81. The maximum absolute atomic E-state index is 13.3. The number of carbonyl (C=O) groups is 2. The molecule has 0 aliphatic carbocycles. The number of terminal acetylenes is 1. The van der Waals surface area contributed by atoms with E-state index in [0.717, 1.165) is 16.5 Å². The molecule has 0 bridgehead atoms. The lowest BCUT2D eigenvalue weighted by molar-refractivity contribution is 0.102. The van der Waals surface area contributed by atoms with Crippen LogP contribution in [0.25, 0.3) is 0 Å². The van der Waals surface area contributed by atoms with Crippen molar-refractivity contribution in [2.24, 2.45) is 0 Å². The Morgan fingerprint density at radius 2 is 1.72 bits per heavy atom. The molecule has 3 rings (SSSR count). The van der Waals surface area contributed by atoms with Gasteiger partial charge in [0.05, 0.1) is 18.4 Å². The second-order valence-electron chi connectivity index (χ2n) is 8.99. The molecule has 0 atom stereocenters. The predicted molar refractivity (Wildman–Crippen MR) is 163 cm³/mol. The number of ether oxygens (including phenoxy) is 1. The normalized spacial score (nSPS) is 10.5. The summed E-state index contributed by atoms with van der Waals surface area (Å²) in [5.74, 6) is 2.54. The zero-order valence-corrected chi connectivity index (χ0v) is 24.5. The highest BCUT2D eigenvalue weighted by atomic mass is 127. The number of amidine groups is 1. The Kier molecular flexibility index (Phi) is 10.4. The van der Waals surface area contributed by atoms with E-state index in [2.05, 4.69) is 49.0 Å². The minimum atomic E-state index is -0.500. The van der Waals surface area contributed by atoms with Crippen LogP contribution in [0.1, 0.15) is 37.4 Å². The van der Waals surface area contributed by atoms with E-state index in [-0.39, 0.29) is 17.0 Å². The van der Waals surface area contributed by atoms with Crippen LogP contribution in [0.15, 0.2) is 54.7 Å². The van der Waals surface area contributed by atoms with Crippen molar-refractivity contribution >= 4 is 51.7 Å². The molecule has 0 unspecified atom stereocenters. The number of methoxy groups -OCH3 is 1. The molecule has 10 heteroatoms. The third kappa shape index (κ3) is 7.78.